The number of halogens is 4. The molecule has 0 radical (unpaired) electrons. The van der Waals surface area contributed by atoms with Crippen molar-refractivity contribution in [2.24, 2.45) is 5.92 Å². The van der Waals surface area contributed by atoms with E-state index in [1.807, 2.05) is 0 Å². The number of carbonyl (C=O) groups excluding carboxylic acids is 1. The molecule has 14 heteroatoms. The van der Waals surface area contributed by atoms with Crippen molar-refractivity contribution in [2.75, 3.05) is 0 Å². The van der Waals surface area contributed by atoms with Gasteiger partial charge in [0.15, 0.2) is 0 Å². The fourth-order valence-corrected chi connectivity index (χ4v) is 5.78. The molecule has 0 unspecified atom stereocenters. The van der Waals surface area contributed by atoms with Gasteiger partial charge in [-0.25, -0.2) is 27.7 Å². The highest BCUT2D eigenvalue weighted by Gasteiger charge is 2.27. The van der Waals surface area contributed by atoms with Gasteiger partial charge in [0.05, 0.1) is 33.5 Å². The number of amides is 1. The van der Waals surface area contributed by atoms with Crippen LogP contribution >= 0.6 is 11.6 Å². The fourth-order valence-electron chi connectivity index (χ4n) is 5.62. The summed E-state index contributed by atoms with van der Waals surface area (Å²) in [5.41, 5.74) is -0.200. The third-order valence-electron chi connectivity index (χ3n) is 7.74. The van der Waals surface area contributed by atoms with Crippen LogP contribution in [0.3, 0.4) is 0 Å². The summed E-state index contributed by atoms with van der Waals surface area (Å²) in [6, 6.07) is 8.36. The van der Waals surface area contributed by atoms with E-state index in [-0.39, 0.29) is 33.9 Å². The Morgan fingerprint density at radius 1 is 1.05 bits per heavy atom. The van der Waals surface area contributed by atoms with Gasteiger partial charge in [0.25, 0.3) is 12.3 Å². The SMILES string of the molecule is O=C(NC1CCC(Cn2c(=O)n(-c3ccc(-n4cc[nH]c4=O)nc3)c3ccc(F)cc32)CC1)c1cc(Cl)cnc1C(F)F. The Hall–Kier alpha value is -4.65. The molecule has 1 aromatic carbocycles. The minimum absolute atomic E-state index is 0.0543. The first-order chi connectivity index (χ1) is 20.7. The molecule has 10 nitrogen and oxygen atoms in total. The number of pyridine rings is 2. The van der Waals surface area contributed by atoms with Crippen molar-refractivity contribution in [2.45, 2.75) is 44.7 Å². The number of carbonyl (C=O) groups is 1. The van der Waals surface area contributed by atoms with Crippen molar-refractivity contribution in [1.29, 1.82) is 0 Å². The van der Waals surface area contributed by atoms with Crippen molar-refractivity contribution < 1.29 is 18.0 Å². The van der Waals surface area contributed by atoms with Crippen LogP contribution in [0.5, 0.6) is 0 Å². The average Bonchev–Trinajstić information content (AvgIpc) is 3.54. The van der Waals surface area contributed by atoms with Gasteiger partial charge in [0, 0.05) is 31.2 Å². The number of benzene rings is 1. The van der Waals surface area contributed by atoms with E-state index < -0.39 is 23.8 Å². The highest BCUT2D eigenvalue weighted by Crippen LogP contribution is 2.29. The van der Waals surface area contributed by atoms with E-state index in [1.165, 1.54) is 45.8 Å². The summed E-state index contributed by atoms with van der Waals surface area (Å²) < 4.78 is 45.4. The van der Waals surface area contributed by atoms with Crippen LogP contribution in [-0.4, -0.2) is 40.6 Å². The second-order valence-electron chi connectivity index (χ2n) is 10.4. The van der Waals surface area contributed by atoms with Gasteiger partial charge in [-0.3, -0.25) is 23.5 Å². The highest BCUT2D eigenvalue weighted by atomic mass is 35.5. The molecular formula is C29H25ClF3N7O3. The molecule has 0 aliphatic heterocycles. The average molecular weight is 612 g/mol. The number of aromatic amines is 1. The Kier molecular flexibility index (Phi) is 7.65. The third kappa shape index (κ3) is 5.59. The Balaban J connectivity index is 1.20. The molecule has 1 aliphatic carbocycles. The molecule has 4 heterocycles. The van der Waals surface area contributed by atoms with Crippen LogP contribution in [0.15, 0.2) is 70.8 Å². The topological polar surface area (TPSA) is 120 Å². The van der Waals surface area contributed by atoms with Crippen molar-refractivity contribution >= 4 is 28.5 Å². The zero-order valence-electron chi connectivity index (χ0n) is 22.5. The molecule has 1 fully saturated rings. The smallest absolute Gasteiger partial charge is 0.333 e. The van der Waals surface area contributed by atoms with Crippen LogP contribution in [0.25, 0.3) is 22.5 Å². The number of nitrogens with zero attached hydrogens (tertiary/aromatic N) is 5. The minimum atomic E-state index is -2.92. The van der Waals surface area contributed by atoms with E-state index in [9.17, 15) is 27.6 Å². The number of fused-ring (bicyclic) bond motifs is 1. The first kappa shape index (κ1) is 28.5. The molecule has 0 spiro atoms. The molecule has 0 saturated heterocycles. The Labute approximate surface area is 246 Å². The van der Waals surface area contributed by atoms with E-state index in [0.717, 1.165) is 6.20 Å². The summed E-state index contributed by atoms with van der Waals surface area (Å²) in [5.74, 6) is -0.717. The second kappa shape index (κ2) is 11.6. The first-order valence-corrected chi connectivity index (χ1v) is 14.0. The van der Waals surface area contributed by atoms with Crippen molar-refractivity contribution in [3.05, 3.63) is 104 Å². The summed E-state index contributed by atoms with van der Waals surface area (Å²) >= 11 is 5.89. The minimum Gasteiger partial charge on any atom is -0.349 e. The van der Waals surface area contributed by atoms with E-state index in [1.54, 1.807) is 22.9 Å². The number of alkyl halides is 2. The molecule has 222 valence electrons. The lowest BCUT2D eigenvalue weighted by Gasteiger charge is -2.29. The number of aromatic nitrogens is 6. The van der Waals surface area contributed by atoms with Gasteiger partial charge in [-0.2, -0.15) is 0 Å². The first-order valence-electron chi connectivity index (χ1n) is 13.6. The van der Waals surface area contributed by atoms with Crippen molar-refractivity contribution in [3.63, 3.8) is 0 Å². The lowest BCUT2D eigenvalue weighted by Crippen LogP contribution is -2.39. The van der Waals surface area contributed by atoms with Crippen LogP contribution in [0, 0.1) is 11.7 Å². The third-order valence-corrected chi connectivity index (χ3v) is 7.94. The molecule has 6 rings (SSSR count). The summed E-state index contributed by atoms with van der Waals surface area (Å²) in [4.78, 5) is 48.9. The highest BCUT2D eigenvalue weighted by molar-refractivity contribution is 6.30. The normalized spacial score (nSPS) is 17.0. The second-order valence-corrected chi connectivity index (χ2v) is 10.9. The van der Waals surface area contributed by atoms with Crippen LogP contribution in [-0.2, 0) is 6.54 Å². The van der Waals surface area contributed by atoms with Gasteiger partial charge < -0.3 is 10.3 Å². The number of rotatable bonds is 7. The zero-order chi connectivity index (χ0) is 30.2. The molecular weight excluding hydrogens is 587 g/mol. The molecule has 43 heavy (non-hydrogen) atoms. The summed E-state index contributed by atoms with van der Waals surface area (Å²) in [5, 5.41) is 2.90. The Morgan fingerprint density at radius 3 is 2.51 bits per heavy atom. The van der Waals surface area contributed by atoms with Gasteiger partial charge in [0.1, 0.15) is 17.3 Å². The maximum absolute atomic E-state index is 14.3. The molecule has 0 bridgehead atoms. The predicted octanol–water partition coefficient (Wildman–Crippen LogP) is 4.78. The number of hydrogen-bond acceptors (Lipinski definition) is 5. The lowest BCUT2D eigenvalue weighted by molar-refractivity contribution is 0.0904. The van der Waals surface area contributed by atoms with Crippen molar-refractivity contribution in [1.82, 2.24) is 34.0 Å². The summed E-state index contributed by atoms with van der Waals surface area (Å²) in [6.07, 6.45) is 5.11. The van der Waals surface area contributed by atoms with Gasteiger partial charge in [-0.15, -0.1) is 0 Å². The number of hydrogen-bond donors (Lipinski definition) is 2. The van der Waals surface area contributed by atoms with Crippen molar-refractivity contribution in [3.8, 4) is 11.5 Å². The van der Waals surface area contributed by atoms with Gasteiger partial charge in [0.2, 0.25) is 0 Å². The Morgan fingerprint density at radius 2 is 1.84 bits per heavy atom. The van der Waals surface area contributed by atoms with E-state index in [2.05, 4.69) is 20.3 Å². The fraction of sp³-hybridized carbons (Fsp3) is 0.276. The molecule has 1 saturated carbocycles. The molecule has 1 amide bonds. The van der Waals surface area contributed by atoms with Crippen LogP contribution in [0.2, 0.25) is 5.02 Å². The maximum Gasteiger partial charge on any atom is 0.333 e. The molecule has 4 aromatic heterocycles. The standard InChI is InChI=1S/C29H25ClF3N7O3/c30-17-11-21(25(26(32)33)36-13-17)27(41)37-19-4-1-16(2-5-19)15-39-23-12-18(31)3-7-22(23)40(29(39)43)20-6-8-24(35-14-20)38-10-9-34-28(38)42/h3,6-14,16,19,26H,1-2,4-5,15H2,(H,34,42)(H,37,41). The van der Waals surface area contributed by atoms with Gasteiger partial charge in [-0.05, 0) is 68.0 Å². The van der Waals surface area contributed by atoms with Crippen LogP contribution in [0.1, 0.15) is 48.2 Å². The molecule has 5 aromatic rings. The largest absolute Gasteiger partial charge is 0.349 e. The van der Waals surface area contributed by atoms with Crippen LogP contribution < -0.4 is 16.7 Å². The number of nitrogens with one attached hydrogen (secondary N) is 2. The summed E-state index contributed by atoms with van der Waals surface area (Å²) in [7, 11) is 0. The van der Waals surface area contributed by atoms with Gasteiger partial charge in [-0.1, -0.05) is 11.6 Å². The molecule has 1 aliphatic rings. The lowest BCUT2D eigenvalue weighted by atomic mass is 9.85. The maximum atomic E-state index is 14.3. The van der Waals surface area contributed by atoms with E-state index in [0.29, 0.717) is 54.8 Å². The Bertz CT molecular complexity index is 1920. The van der Waals surface area contributed by atoms with E-state index in [4.69, 9.17) is 11.6 Å². The zero-order valence-corrected chi connectivity index (χ0v) is 23.3. The molecule has 2 N–H and O–H groups in total. The number of imidazole rings is 2. The van der Waals surface area contributed by atoms with E-state index >= 15 is 0 Å². The molecule has 0 atom stereocenters. The monoisotopic (exact) mass is 611 g/mol. The number of H-pyrrole nitrogens is 1. The van der Waals surface area contributed by atoms with Crippen LogP contribution in [0.4, 0.5) is 13.2 Å². The van der Waals surface area contributed by atoms with Gasteiger partial charge >= 0.3 is 11.4 Å². The summed E-state index contributed by atoms with van der Waals surface area (Å²) in [6.45, 7) is 0.324. The quantitative estimate of drug-likeness (QED) is 0.275. The predicted molar refractivity (Wildman–Crippen MR) is 153 cm³/mol.